The smallest absolute Gasteiger partial charge is 0.0718 e. The lowest BCUT2D eigenvalue weighted by Gasteiger charge is -2.19. The van der Waals surface area contributed by atoms with Gasteiger partial charge in [0.1, 0.15) is 0 Å². The second kappa shape index (κ2) is 4.07. The van der Waals surface area contributed by atoms with Crippen LogP contribution in [-0.2, 0) is 4.74 Å². The standard InChI is InChI=1S/C9H19NO/c1-7(2)9(11-3)6-10-8-4-5-8/h7-10H,4-6H2,1-3H3. The molecule has 0 aromatic carbocycles. The van der Waals surface area contributed by atoms with Crippen molar-refractivity contribution < 1.29 is 4.74 Å². The summed E-state index contributed by atoms with van der Waals surface area (Å²) in [6.07, 6.45) is 3.10. The number of ether oxygens (including phenoxy) is 1. The van der Waals surface area contributed by atoms with Crippen molar-refractivity contribution in [2.24, 2.45) is 5.92 Å². The number of rotatable bonds is 5. The van der Waals surface area contributed by atoms with Crippen molar-refractivity contribution in [3.05, 3.63) is 0 Å². The lowest BCUT2D eigenvalue weighted by Crippen LogP contribution is -2.33. The molecule has 0 amide bonds. The molecule has 1 rings (SSSR count). The summed E-state index contributed by atoms with van der Waals surface area (Å²) in [4.78, 5) is 0. The minimum atomic E-state index is 0.385. The molecule has 1 N–H and O–H groups in total. The SMILES string of the molecule is COC(CNC1CC1)C(C)C. The number of hydrogen-bond acceptors (Lipinski definition) is 2. The van der Waals surface area contributed by atoms with Crippen molar-refractivity contribution in [3.8, 4) is 0 Å². The molecule has 2 nitrogen and oxygen atoms in total. The van der Waals surface area contributed by atoms with E-state index in [9.17, 15) is 0 Å². The van der Waals surface area contributed by atoms with Crippen molar-refractivity contribution in [3.63, 3.8) is 0 Å². The van der Waals surface area contributed by atoms with E-state index < -0.39 is 0 Å². The predicted octanol–water partition coefficient (Wildman–Crippen LogP) is 1.41. The summed E-state index contributed by atoms with van der Waals surface area (Å²) in [7, 11) is 1.79. The molecular formula is C9H19NO. The quantitative estimate of drug-likeness (QED) is 0.651. The summed E-state index contributed by atoms with van der Waals surface area (Å²) in [6.45, 7) is 5.41. The van der Waals surface area contributed by atoms with E-state index in [1.807, 2.05) is 0 Å². The van der Waals surface area contributed by atoms with Gasteiger partial charge in [0, 0.05) is 19.7 Å². The van der Waals surface area contributed by atoms with Gasteiger partial charge in [-0.05, 0) is 18.8 Å². The Bertz CT molecular complexity index is 110. The normalized spacial score (nSPS) is 20.7. The maximum Gasteiger partial charge on any atom is 0.0718 e. The van der Waals surface area contributed by atoms with Crippen LogP contribution in [0.4, 0.5) is 0 Å². The molecule has 0 spiro atoms. The van der Waals surface area contributed by atoms with Gasteiger partial charge in [0.05, 0.1) is 6.10 Å². The zero-order valence-corrected chi connectivity index (χ0v) is 7.76. The maximum atomic E-state index is 5.33. The van der Waals surface area contributed by atoms with E-state index in [1.165, 1.54) is 12.8 Å². The first-order valence-corrected chi connectivity index (χ1v) is 4.50. The van der Waals surface area contributed by atoms with Crippen LogP contribution >= 0.6 is 0 Å². The molecule has 11 heavy (non-hydrogen) atoms. The van der Waals surface area contributed by atoms with E-state index in [1.54, 1.807) is 7.11 Å². The Morgan fingerprint density at radius 2 is 2.09 bits per heavy atom. The van der Waals surface area contributed by atoms with Gasteiger partial charge in [0.15, 0.2) is 0 Å². The summed E-state index contributed by atoms with van der Waals surface area (Å²) >= 11 is 0. The first-order valence-electron chi connectivity index (χ1n) is 4.50. The van der Waals surface area contributed by atoms with Gasteiger partial charge < -0.3 is 10.1 Å². The minimum Gasteiger partial charge on any atom is -0.380 e. The Morgan fingerprint density at radius 3 is 2.45 bits per heavy atom. The van der Waals surface area contributed by atoms with E-state index in [2.05, 4.69) is 19.2 Å². The van der Waals surface area contributed by atoms with Crippen LogP contribution in [-0.4, -0.2) is 25.8 Å². The van der Waals surface area contributed by atoms with Gasteiger partial charge in [0.2, 0.25) is 0 Å². The molecule has 2 heteroatoms. The highest BCUT2D eigenvalue weighted by Gasteiger charge is 2.22. The fourth-order valence-corrected chi connectivity index (χ4v) is 1.16. The van der Waals surface area contributed by atoms with Crippen LogP contribution in [0.5, 0.6) is 0 Å². The minimum absolute atomic E-state index is 0.385. The Kier molecular flexibility index (Phi) is 3.34. The van der Waals surface area contributed by atoms with Crippen molar-refractivity contribution >= 4 is 0 Å². The van der Waals surface area contributed by atoms with E-state index in [-0.39, 0.29) is 0 Å². The third kappa shape index (κ3) is 3.21. The predicted molar refractivity (Wildman–Crippen MR) is 46.7 cm³/mol. The summed E-state index contributed by atoms with van der Waals surface area (Å²) in [5, 5.41) is 3.46. The first kappa shape index (κ1) is 9.01. The number of hydrogen-bond donors (Lipinski definition) is 1. The highest BCUT2D eigenvalue weighted by molar-refractivity contribution is 4.82. The fraction of sp³-hybridized carbons (Fsp3) is 1.00. The molecule has 0 radical (unpaired) electrons. The highest BCUT2D eigenvalue weighted by Crippen LogP contribution is 2.19. The summed E-state index contributed by atoms with van der Waals surface area (Å²) in [5.41, 5.74) is 0. The van der Waals surface area contributed by atoms with Gasteiger partial charge in [-0.2, -0.15) is 0 Å². The monoisotopic (exact) mass is 157 g/mol. The van der Waals surface area contributed by atoms with E-state index in [0.717, 1.165) is 12.6 Å². The number of nitrogens with one attached hydrogen (secondary N) is 1. The van der Waals surface area contributed by atoms with Crippen LogP contribution in [0.2, 0.25) is 0 Å². The van der Waals surface area contributed by atoms with Gasteiger partial charge in [-0.15, -0.1) is 0 Å². The largest absolute Gasteiger partial charge is 0.380 e. The second-order valence-corrected chi connectivity index (χ2v) is 3.70. The zero-order valence-electron chi connectivity index (χ0n) is 7.76. The van der Waals surface area contributed by atoms with Crippen LogP contribution in [0, 0.1) is 5.92 Å². The lowest BCUT2D eigenvalue weighted by atomic mass is 10.1. The Balaban J connectivity index is 2.08. The molecule has 1 aliphatic carbocycles. The molecule has 1 fully saturated rings. The molecule has 1 aliphatic rings. The molecule has 66 valence electrons. The summed E-state index contributed by atoms with van der Waals surface area (Å²) < 4.78 is 5.33. The molecule has 1 unspecified atom stereocenters. The zero-order chi connectivity index (χ0) is 8.27. The third-order valence-electron chi connectivity index (χ3n) is 2.23. The van der Waals surface area contributed by atoms with Crippen LogP contribution in [0.15, 0.2) is 0 Å². The summed E-state index contributed by atoms with van der Waals surface area (Å²) in [6, 6.07) is 0.798. The second-order valence-electron chi connectivity index (χ2n) is 3.70. The number of methoxy groups -OCH3 is 1. The highest BCUT2D eigenvalue weighted by atomic mass is 16.5. The van der Waals surface area contributed by atoms with E-state index in [4.69, 9.17) is 4.74 Å². The van der Waals surface area contributed by atoms with E-state index in [0.29, 0.717) is 12.0 Å². The first-order chi connectivity index (χ1) is 5.24. The van der Waals surface area contributed by atoms with Crippen molar-refractivity contribution in [2.75, 3.05) is 13.7 Å². The Hall–Kier alpha value is -0.0800. The van der Waals surface area contributed by atoms with Gasteiger partial charge >= 0.3 is 0 Å². The van der Waals surface area contributed by atoms with Crippen LogP contribution in [0.1, 0.15) is 26.7 Å². The van der Waals surface area contributed by atoms with Gasteiger partial charge in [-0.25, -0.2) is 0 Å². The average molecular weight is 157 g/mol. The lowest BCUT2D eigenvalue weighted by molar-refractivity contribution is 0.0646. The summed E-state index contributed by atoms with van der Waals surface area (Å²) in [5.74, 6) is 0.617. The molecule has 1 saturated carbocycles. The average Bonchev–Trinajstić information content (AvgIpc) is 2.72. The molecule has 0 aromatic rings. The fourth-order valence-electron chi connectivity index (χ4n) is 1.16. The van der Waals surface area contributed by atoms with Crippen LogP contribution < -0.4 is 5.32 Å². The van der Waals surface area contributed by atoms with E-state index >= 15 is 0 Å². The maximum absolute atomic E-state index is 5.33. The molecule has 1 atom stereocenters. The molecule has 0 aromatic heterocycles. The van der Waals surface area contributed by atoms with Crippen molar-refractivity contribution in [1.29, 1.82) is 0 Å². The van der Waals surface area contributed by atoms with Crippen LogP contribution in [0.25, 0.3) is 0 Å². The molecule has 0 saturated heterocycles. The molecule has 0 bridgehead atoms. The Morgan fingerprint density at radius 1 is 1.45 bits per heavy atom. The van der Waals surface area contributed by atoms with Crippen LogP contribution in [0.3, 0.4) is 0 Å². The van der Waals surface area contributed by atoms with Crippen molar-refractivity contribution in [1.82, 2.24) is 5.32 Å². The van der Waals surface area contributed by atoms with Gasteiger partial charge in [-0.1, -0.05) is 13.8 Å². The topological polar surface area (TPSA) is 21.3 Å². The molecular weight excluding hydrogens is 138 g/mol. The third-order valence-corrected chi connectivity index (χ3v) is 2.23. The van der Waals surface area contributed by atoms with Crippen molar-refractivity contribution in [2.45, 2.75) is 38.8 Å². The molecule has 0 aliphatic heterocycles. The molecule has 0 heterocycles. The van der Waals surface area contributed by atoms with Gasteiger partial charge in [0.25, 0.3) is 0 Å². The Labute approximate surface area is 69.3 Å². The van der Waals surface area contributed by atoms with Gasteiger partial charge in [-0.3, -0.25) is 0 Å².